The highest BCUT2D eigenvalue weighted by molar-refractivity contribution is 5.76. The predicted molar refractivity (Wildman–Crippen MR) is 91.8 cm³/mol. The van der Waals surface area contributed by atoms with E-state index in [4.69, 9.17) is 0 Å². The molecule has 1 saturated heterocycles. The van der Waals surface area contributed by atoms with Crippen molar-refractivity contribution in [2.45, 2.75) is 20.0 Å². The number of carbonyl (C=O) groups is 1. The molecule has 1 aliphatic heterocycles. The molecule has 0 radical (unpaired) electrons. The highest BCUT2D eigenvalue weighted by Gasteiger charge is 2.24. The highest BCUT2D eigenvalue weighted by Crippen LogP contribution is 2.16. The number of nitrogens with zero attached hydrogens (tertiary/aromatic N) is 5. The number of halogens is 2. The van der Waals surface area contributed by atoms with E-state index in [-0.39, 0.29) is 30.4 Å². The number of aromatic nitrogens is 2. The van der Waals surface area contributed by atoms with Gasteiger partial charge in [-0.1, -0.05) is 12.1 Å². The van der Waals surface area contributed by atoms with Crippen LogP contribution in [-0.4, -0.2) is 56.6 Å². The van der Waals surface area contributed by atoms with E-state index < -0.39 is 16.6 Å². The first-order chi connectivity index (χ1) is 12.8. The summed E-state index contributed by atoms with van der Waals surface area (Å²) in [6.07, 6.45) is 0. The number of nitro groups is 1. The number of amides is 1. The normalized spacial score (nSPS) is 15.1. The molecule has 2 heterocycles. The Kier molecular flexibility index (Phi) is 5.45. The topological polar surface area (TPSA) is 84.5 Å². The molecule has 0 bridgehead atoms. The zero-order valence-corrected chi connectivity index (χ0v) is 14.8. The van der Waals surface area contributed by atoms with Gasteiger partial charge in [0.1, 0.15) is 6.54 Å². The van der Waals surface area contributed by atoms with Gasteiger partial charge in [0.15, 0.2) is 11.6 Å². The molecule has 0 aliphatic carbocycles. The first kappa shape index (κ1) is 18.9. The van der Waals surface area contributed by atoms with E-state index in [1.807, 2.05) is 4.90 Å². The van der Waals surface area contributed by atoms with Crippen LogP contribution in [0.15, 0.2) is 24.3 Å². The lowest BCUT2D eigenvalue weighted by molar-refractivity contribution is -0.389. The Morgan fingerprint density at radius 3 is 2.59 bits per heavy atom. The van der Waals surface area contributed by atoms with Crippen LogP contribution in [0.5, 0.6) is 0 Å². The third-order valence-electron chi connectivity index (χ3n) is 4.59. The molecule has 1 aromatic heterocycles. The molecule has 1 fully saturated rings. The van der Waals surface area contributed by atoms with Crippen molar-refractivity contribution in [2.75, 3.05) is 26.2 Å². The highest BCUT2D eigenvalue weighted by atomic mass is 19.2. The van der Waals surface area contributed by atoms with Crippen molar-refractivity contribution < 1.29 is 18.5 Å². The van der Waals surface area contributed by atoms with Gasteiger partial charge in [-0.05, 0) is 17.9 Å². The lowest BCUT2D eigenvalue weighted by atomic mass is 10.1. The fourth-order valence-electron chi connectivity index (χ4n) is 3.04. The van der Waals surface area contributed by atoms with Crippen molar-refractivity contribution in [2.24, 2.45) is 0 Å². The summed E-state index contributed by atoms with van der Waals surface area (Å²) in [5, 5.41) is 14.6. The maximum absolute atomic E-state index is 13.8. The van der Waals surface area contributed by atoms with Crippen LogP contribution in [-0.2, 0) is 17.9 Å². The van der Waals surface area contributed by atoms with Gasteiger partial charge in [-0.15, -0.1) is 0 Å². The molecular formula is C17H19F2N5O3. The molecule has 8 nitrogen and oxygen atoms in total. The third kappa shape index (κ3) is 4.27. The molecule has 0 N–H and O–H groups in total. The molecule has 3 rings (SSSR count). The average molecular weight is 379 g/mol. The minimum Gasteiger partial charge on any atom is -0.358 e. The van der Waals surface area contributed by atoms with Crippen LogP contribution >= 0.6 is 0 Å². The number of benzene rings is 1. The molecule has 0 spiro atoms. The zero-order chi connectivity index (χ0) is 19.6. The minimum absolute atomic E-state index is 0.0712. The summed E-state index contributed by atoms with van der Waals surface area (Å²) >= 11 is 0. The monoisotopic (exact) mass is 379 g/mol. The maximum atomic E-state index is 13.8. The van der Waals surface area contributed by atoms with Crippen LogP contribution in [0.2, 0.25) is 0 Å². The van der Waals surface area contributed by atoms with Gasteiger partial charge in [0.05, 0.1) is 16.9 Å². The number of hydrogen-bond acceptors (Lipinski definition) is 5. The van der Waals surface area contributed by atoms with Gasteiger partial charge < -0.3 is 15.0 Å². The molecule has 2 aromatic rings. The Hall–Kier alpha value is -2.88. The summed E-state index contributed by atoms with van der Waals surface area (Å²) in [7, 11) is 0. The average Bonchev–Trinajstić information content (AvgIpc) is 3.00. The molecule has 144 valence electrons. The second kappa shape index (κ2) is 7.78. The summed E-state index contributed by atoms with van der Waals surface area (Å²) in [6.45, 7) is 3.79. The zero-order valence-electron chi connectivity index (χ0n) is 14.8. The Bertz CT molecular complexity index is 862. The van der Waals surface area contributed by atoms with Crippen LogP contribution in [0.25, 0.3) is 0 Å². The number of hydrogen-bond donors (Lipinski definition) is 0. The molecule has 0 atom stereocenters. The van der Waals surface area contributed by atoms with Crippen LogP contribution < -0.4 is 0 Å². The van der Waals surface area contributed by atoms with Crippen molar-refractivity contribution in [3.05, 3.63) is 57.3 Å². The van der Waals surface area contributed by atoms with Gasteiger partial charge in [-0.3, -0.25) is 9.69 Å². The van der Waals surface area contributed by atoms with Gasteiger partial charge in [-0.2, -0.15) is 4.68 Å². The van der Waals surface area contributed by atoms with Crippen molar-refractivity contribution >= 4 is 11.7 Å². The van der Waals surface area contributed by atoms with Crippen molar-refractivity contribution in [1.82, 2.24) is 19.6 Å². The van der Waals surface area contributed by atoms with Gasteiger partial charge in [-0.25, -0.2) is 8.78 Å². The van der Waals surface area contributed by atoms with E-state index in [0.717, 1.165) is 6.07 Å². The lowest BCUT2D eigenvalue weighted by Gasteiger charge is -2.34. The molecule has 0 unspecified atom stereocenters. The molecule has 1 amide bonds. The summed E-state index contributed by atoms with van der Waals surface area (Å²) in [4.78, 5) is 26.2. The van der Waals surface area contributed by atoms with Crippen LogP contribution in [0.4, 0.5) is 14.6 Å². The van der Waals surface area contributed by atoms with E-state index in [1.165, 1.54) is 16.8 Å². The maximum Gasteiger partial charge on any atom is 0.390 e. The van der Waals surface area contributed by atoms with Gasteiger partial charge in [0.25, 0.3) is 0 Å². The van der Waals surface area contributed by atoms with Crippen molar-refractivity contribution in [3.63, 3.8) is 0 Å². The second-order valence-corrected chi connectivity index (χ2v) is 6.43. The number of rotatable bonds is 5. The standard InChI is InChI=1S/C17H19F2N5O3/c1-12-9-15(24(26)27)20-23(12)11-16(25)22-7-5-21(6-8-22)10-13-3-2-4-14(18)17(13)19/h2-4,9H,5-8,10-11H2,1H3. The smallest absolute Gasteiger partial charge is 0.358 e. The van der Waals surface area contributed by atoms with E-state index in [2.05, 4.69) is 5.10 Å². The minimum atomic E-state index is -0.870. The fraction of sp³-hybridized carbons (Fsp3) is 0.412. The summed E-state index contributed by atoms with van der Waals surface area (Å²) in [5.74, 6) is -2.19. The molecule has 0 saturated carbocycles. The molecule has 27 heavy (non-hydrogen) atoms. The Balaban J connectivity index is 1.55. The SMILES string of the molecule is Cc1cc([N+](=O)[O-])nn1CC(=O)N1CCN(Cc2cccc(F)c2F)CC1. The Labute approximate surface area is 154 Å². The van der Waals surface area contributed by atoms with Crippen molar-refractivity contribution in [1.29, 1.82) is 0 Å². The second-order valence-electron chi connectivity index (χ2n) is 6.43. The first-order valence-corrected chi connectivity index (χ1v) is 8.47. The fourth-order valence-corrected chi connectivity index (χ4v) is 3.04. The first-order valence-electron chi connectivity index (χ1n) is 8.47. The van der Waals surface area contributed by atoms with Crippen molar-refractivity contribution in [3.8, 4) is 0 Å². The van der Waals surface area contributed by atoms with Gasteiger partial charge >= 0.3 is 5.82 Å². The van der Waals surface area contributed by atoms with Gasteiger partial charge in [0, 0.05) is 38.3 Å². The predicted octanol–water partition coefficient (Wildman–Crippen LogP) is 1.72. The summed E-state index contributed by atoms with van der Waals surface area (Å²) < 4.78 is 28.4. The number of piperazine rings is 1. The summed E-state index contributed by atoms with van der Waals surface area (Å²) in [6, 6.07) is 5.41. The number of carbonyl (C=O) groups excluding carboxylic acids is 1. The van der Waals surface area contributed by atoms with E-state index in [0.29, 0.717) is 31.9 Å². The summed E-state index contributed by atoms with van der Waals surface area (Å²) in [5.41, 5.74) is 0.824. The molecular weight excluding hydrogens is 360 g/mol. The van der Waals surface area contributed by atoms with Gasteiger partial charge in [0.2, 0.25) is 5.91 Å². The molecule has 10 heteroatoms. The van der Waals surface area contributed by atoms with Crippen LogP contribution in [0.3, 0.4) is 0 Å². The lowest BCUT2D eigenvalue weighted by Crippen LogP contribution is -2.49. The largest absolute Gasteiger partial charge is 0.390 e. The third-order valence-corrected chi connectivity index (χ3v) is 4.59. The number of aryl methyl sites for hydroxylation is 1. The van der Waals surface area contributed by atoms with E-state index in [1.54, 1.807) is 17.9 Å². The van der Waals surface area contributed by atoms with E-state index in [9.17, 15) is 23.7 Å². The quantitative estimate of drug-likeness (QED) is 0.583. The molecule has 1 aromatic carbocycles. The Morgan fingerprint density at radius 1 is 1.26 bits per heavy atom. The van der Waals surface area contributed by atoms with E-state index >= 15 is 0 Å². The van der Waals surface area contributed by atoms with Crippen LogP contribution in [0.1, 0.15) is 11.3 Å². The molecule has 1 aliphatic rings. The van der Waals surface area contributed by atoms with Crippen LogP contribution in [0, 0.1) is 28.7 Å². The Morgan fingerprint density at radius 2 is 1.96 bits per heavy atom.